The first-order valence-electron chi connectivity index (χ1n) is 11.9. The summed E-state index contributed by atoms with van der Waals surface area (Å²) in [5.74, 6) is -1.88. The number of hydrogen-bond acceptors (Lipinski definition) is 5. The molecular formula is C27H30F2IN3O4S. The topological polar surface area (TPSA) is 90.0 Å². The van der Waals surface area contributed by atoms with Crippen LogP contribution >= 0.6 is 22.6 Å². The molecule has 3 aromatic carbocycles. The number of nitrogens with one attached hydrogen (secondary N) is 1. The zero-order valence-electron chi connectivity index (χ0n) is 21.1. The number of carbonyl (C=O) groups is 1. The predicted molar refractivity (Wildman–Crippen MR) is 150 cm³/mol. The van der Waals surface area contributed by atoms with Crippen molar-refractivity contribution in [1.29, 1.82) is 0 Å². The van der Waals surface area contributed by atoms with Crippen molar-refractivity contribution in [2.75, 3.05) is 33.7 Å². The highest BCUT2D eigenvalue weighted by Gasteiger charge is 2.27. The van der Waals surface area contributed by atoms with Gasteiger partial charge in [0.05, 0.1) is 11.0 Å². The number of aliphatic hydroxyl groups excluding tert-OH is 1. The van der Waals surface area contributed by atoms with Crippen LogP contribution < -0.4 is 5.32 Å². The van der Waals surface area contributed by atoms with Crippen LogP contribution in [-0.4, -0.2) is 68.5 Å². The van der Waals surface area contributed by atoms with Gasteiger partial charge in [0.1, 0.15) is 11.6 Å². The van der Waals surface area contributed by atoms with Crippen LogP contribution in [0.25, 0.3) is 0 Å². The summed E-state index contributed by atoms with van der Waals surface area (Å²) < 4.78 is 56.8. The highest BCUT2D eigenvalue weighted by atomic mass is 127. The zero-order valence-corrected chi connectivity index (χ0v) is 24.0. The largest absolute Gasteiger partial charge is 0.390 e. The van der Waals surface area contributed by atoms with Gasteiger partial charge in [-0.1, -0.05) is 18.2 Å². The molecule has 0 fully saturated rings. The smallest absolute Gasteiger partial charge is 0.253 e. The lowest BCUT2D eigenvalue weighted by molar-refractivity contribution is 0.0827. The van der Waals surface area contributed by atoms with Crippen LogP contribution in [0.5, 0.6) is 0 Å². The minimum absolute atomic E-state index is 0.0207. The number of rotatable bonds is 12. The summed E-state index contributed by atoms with van der Waals surface area (Å²) in [4.78, 5) is 13.6. The SMILES string of the molecule is CN(C)C(=O)c1cccc(S(=O)(=O)N(CCc2cc(F)cc(F)c2)C[C@@H](O)CNCc2cccc(I)c2)c1. The van der Waals surface area contributed by atoms with E-state index < -0.39 is 27.8 Å². The molecule has 3 rings (SSSR count). The summed E-state index contributed by atoms with van der Waals surface area (Å²) >= 11 is 2.21. The van der Waals surface area contributed by atoms with Gasteiger partial charge in [0.15, 0.2) is 0 Å². The number of benzene rings is 3. The van der Waals surface area contributed by atoms with E-state index in [-0.39, 0.29) is 48.0 Å². The van der Waals surface area contributed by atoms with Crippen LogP contribution in [0.15, 0.2) is 71.6 Å². The van der Waals surface area contributed by atoms with E-state index in [1.807, 2.05) is 24.3 Å². The van der Waals surface area contributed by atoms with Crippen molar-refractivity contribution < 1.29 is 27.1 Å². The number of aliphatic hydroxyl groups is 1. The van der Waals surface area contributed by atoms with Gasteiger partial charge in [-0.25, -0.2) is 17.2 Å². The van der Waals surface area contributed by atoms with Crippen LogP contribution in [-0.2, 0) is 23.0 Å². The number of nitrogens with zero attached hydrogens (tertiary/aromatic N) is 2. The van der Waals surface area contributed by atoms with Crippen LogP contribution in [0, 0.1) is 15.2 Å². The molecule has 0 heterocycles. The van der Waals surface area contributed by atoms with Crippen LogP contribution in [0.4, 0.5) is 8.78 Å². The first-order chi connectivity index (χ1) is 18.0. The van der Waals surface area contributed by atoms with Crippen LogP contribution in [0.2, 0.25) is 0 Å². The Morgan fingerprint density at radius 1 is 1.00 bits per heavy atom. The Balaban J connectivity index is 1.79. The van der Waals surface area contributed by atoms with Crippen molar-refractivity contribution in [1.82, 2.24) is 14.5 Å². The number of amides is 1. The Kier molecular flexibility index (Phi) is 10.7. The molecule has 0 bridgehead atoms. The third-order valence-corrected chi connectivity index (χ3v) is 8.24. The van der Waals surface area contributed by atoms with E-state index in [9.17, 15) is 27.1 Å². The van der Waals surface area contributed by atoms with Gasteiger partial charge in [-0.3, -0.25) is 4.79 Å². The van der Waals surface area contributed by atoms with Crippen molar-refractivity contribution >= 4 is 38.5 Å². The Morgan fingerprint density at radius 3 is 2.34 bits per heavy atom. The molecule has 0 saturated carbocycles. The molecule has 0 aliphatic carbocycles. The van der Waals surface area contributed by atoms with Crippen molar-refractivity contribution in [2.24, 2.45) is 0 Å². The number of sulfonamides is 1. The third kappa shape index (κ3) is 8.53. The lowest BCUT2D eigenvalue weighted by Gasteiger charge is -2.25. The maximum atomic E-state index is 13.7. The lowest BCUT2D eigenvalue weighted by atomic mass is 10.1. The average molecular weight is 658 g/mol. The van der Waals surface area contributed by atoms with E-state index in [1.165, 1.54) is 29.2 Å². The van der Waals surface area contributed by atoms with Crippen molar-refractivity contribution in [2.45, 2.75) is 24.0 Å². The van der Waals surface area contributed by atoms with Crippen LogP contribution in [0.1, 0.15) is 21.5 Å². The molecule has 0 aromatic heterocycles. The number of hydrogen-bond donors (Lipinski definition) is 2. The molecule has 0 unspecified atom stereocenters. The Labute approximate surface area is 235 Å². The molecule has 7 nitrogen and oxygen atoms in total. The molecule has 0 aliphatic heterocycles. The van der Waals surface area contributed by atoms with E-state index >= 15 is 0 Å². The highest BCUT2D eigenvalue weighted by Crippen LogP contribution is 2.20. The minimum Gasteiger partial charge on any atom is -0.390 e. The van der Waals surface area contributed by atoms with Gasteiger partial charge < -0.3 is 15.3 Å². The van der Waals surface area contributed by atoms with Gasteiger partial charge in [0.25, 0.3) is 5.91 Å². The van der Waals surface area contributed by atoms with E-state index in [2.05, 4.69) is 27.9 Å². The van der Waals surface area contributed by atoms with Crippen molar-refractivity contribution in [3.8, 4) is 0 Å². The maximum Gasteiger partial charge on any atom is 0.253 e. The first kappa shape index (κ1) is 30.1. The molecule has 0 aliphatic rings. The Morgan fingerprint density at radius 2 is 1.68 bits per heavy atom. The quantitative estimate of drug-likeness (QED) is 0.291. The van der Waals surface area contributed by atoms with E-state index in [0.717, 1.165) is 31.6 Å². The average Bonchev–Trinajstić information content (AvgIpc) is 2.85. The summed E-state index contributed by atoms with van der Waals surface area (Å²) in [7, 11) is -1.04. The van der Waals surface area contributed by atoms with Crippen molar-refractivity contribution in [3.05, 3.63) is 98.6 Å². The summed E-state index contributed by atoms with van der Waals surface area (Å²) in [6.45, 7) is 0.208. The lowest BCUT2D eigenvalue weighted by Crippen LogP contribution is -2.42. The summed E-state index contributed by atoms with van der Waals surface area (Å²) in [5, 5.41) is 13.8. The fourth-order valence-corrected chi connectivity index (χ4v) is 5.98. The number of carbonyl (C=O) groups excluding carboxylic acids is 1. The summed E-state index contributed by atoms with van der Waals surface area (Å²) in [5.41, 5.74) is 1.50. The van der Waals surface area contributed by atoms with Gasteiger partial charge >= 0.3 is 0 Å². The van der Waals surface area contributed by atoms with Gasteiger partial charge in [-0.15, -0.1) is 0 Å². The molecule has 1 atom stereocenters. The van der Waals surface area contributed by atoms with E-state index in [4.69, 9.17) is 0 Å². The normalized spacial score (nSPS) is 12.5. The van der Waals surface area contributed by atoms with Gasteiger partial charge in [-0.2, -0.15) is 4.31 Å². The molecule has 0 saturated heterocycles. The fraction of sp³-hybridized carbons (Fsp3) is 0.296. The summed E-state index contributed by atoms with van der Waals surface area (Å²) in [6.07, 6.45) is -1.05. The zero-order chi connectivity index (χ0) is 27.9. The predicted octanol–water partition coefficient (Wildman–Crippen LogP) is 3.66. The molecule has 3 aromatic rings. The standard InChI is InChI=1S/C27H30F2IN3O4S/c1-32(2)27(35)21-6-4-8-26(14-21)38(36,37)33(10-9-19-11-22(28)15-23(29)12-19)18-25(34)17-31-16-20-5-3-7-24(30)13-20/h3-8,11-15,25,31,34H,9-10,16-18H2,1-2H3/t25-/m0/s1. The van der Waals surface area contributed by atoms with E-state index in [1.54, 1.807) is 14.1 Å². The summed E-state index contributed by atoms with van der Waals surface area (Å²) in [6, 6.07) is 16.5. The van der Waals surface area contributed by atoms with Crippen molar-refractivity contribution in [3.63, 3.8) is 0 Å². The molecule has 11 heteroatoms. The minimum atomic E-state index is -4.16. The molecule has 0 spiro atoms. The van der Waals surface area contributed by atoms with Crippen LogP contribution in [0.3, 0.4) is 0 Å². The molecule has 204 valence electrons. The molecule has 2 N–H and O–H groups in total. The van der Waals surface area contributed by atoms with Gasteiger partial charge in [-0.05, 0) is 82.6 Å². The van der Waals surface area contributed by atoms with Gasteiger partial charge in [0.2, 0.25) is 10.0 Å². The number of halogens is 3. The monoisotopic (exact) mass is 657 g/mol. The molecule has 1 amide bonds. The highest BCUT2D eigenvalue weighted by molar-refractivity contribution is 14.1. The second-order valence-corrected chi connectivity index (χ2v) is 12.2. The Hall–Kier alpha value is -2.45. The fourth-order valence-electron chi connectivity index (χ4n) is 3.85. The molecular weight excluding hydrogens is 627 g/mol. The van der Waals surface area contributed by atoms with E-state index in [0.29, 0.717) is 6.54 Å². The van der Waals surface area contributed by atoms with Gasteiger partial charge in [0, 0.05) is 55.5 Å². The Bertz CT molecular complexity index is 1350. The first-order valence-corrected chi connectivity index (χ1v) is 14.4. The second kappa shape index (κ2) is 13.6. The molecule has 0 radical (unpaired) electrons. The third-order valence-electron chi connectivity index (χ3n) is 5.71. The molecule has 38 heavy (non-hydrogen) atoms. The second-order valence-electron chi connectivity index (χ2n) is 9.03. The maximum absolute atomic E-state index is 13.7.